The van der Waals surface area contributed by atoms with Gasteiger partial charge in [-0.2, -0.15) is 0 Å². The van der Waals surface area contributed by atoms with E-state index in [2.05, 4.69) is 26.9 Å². The summed E-state index contributed by atoms with van der Waals surface area (Å²) >= 11 is 6.35. The molecule has 1 aromatic heterocycles. The van der Waals surface area contributed by atoms with Gasteiger partial charge in [-0.15, -0.1) is 0 Å². The van der Waals surface area contributed by atoms with Gasteiger partial charge in [0.25, 0.3) is 0 Å². The predicted octanol–water partition coefficient (Wildman–Crippen LogP) is 3.78. The fourth-order valence-corrected chi connectivity index (χ4v) is 4.81. The first-order valence-electron chi connectivity index (χ1n) is 9.39. The van der Waals surface area contributed by atoms with E-state index in [0.717, 1.165) is 23.6 Å². The van der Waals surface area contributed by atoms with E-state index in [1.807, 2.05) is 0 Å². The number of piperidine rings is 2. The molecule has 0 bridgehead atoms. The molecule has 2 atom stereocenters. The standard InChI is InChI=1S/C19H26ClN3/c20-18-8-15(9-19(21-18)23-11-16-7-17(16)12-23)14-3-5-22(6-4-14)10-13-1-2-13/h8-9,13-14,16-17H,1-7,10-12H2. The highest BCUT2D eigenvalue weighted by Crippen LogP contribution is 2.46. The van der Waals surface area contributed by atoms with Crippen LogP contribution in [0.25, 0.3) is 0 Å². The molecule has 3 heterocycles. The Bertz CT molecular complexity index is 582. The first-order chi connectivity index (χ1) is 11.2. The summed E-state index contributed by atoms with van der Waals surface area (Å²) in [5.74, 6) is 4.67. The molecular weight excluding hydrogens is 306 g/mol. The van der Waals surface area contributed by atoms with Gasteiger partial charge in [-0.05, 0) is 86.6 Å². The number of aromatic nitrogens is 1. The monoisotopic (exact) mass is 331 g/mol. The molecule has 0 radical (unpaired) electrons. The molecule has 0 N–H and O–H groups in total. The minimum absolute atomic E-state index is 0.668. The lowest BCUT2D eigenvalue weighted by molar-refractivity contribution is 0.204. The van der Waals surface area contributed by atoms with Gasteiger partial charge in [0.15, 0.2) is 0 Å². The van der Waals surface area contributed by atoms with Crippen molar-refractivity contribution >= 4 is 17.4 Å². The number of rotatable bonds is 4. The molecule has 0 spiro atoms. The zero-order chi connectivity index (χ0) is 15.4. The molecule has 5 rings (SSSR count). The first kappa shape index (κ1) is 14.5. The SMILES string of the molecule is Clc1cc(C2CCN(CC3CC3)CC2)cc(N2CC3CC3C2)n1. The summed E-state index contributed by atoms with van der Waals surface area (Å²) in [7, 11) is 0. The van der Waals surface area contributed by atoms with Gasteiger partial charge in [-0.25, -0.2) is 4.98 Å². The van der Waals surface area contributed by atoms with E-state index in [9.17, 15) is 0 Å². The number of hydrogen-bond donors (Lipinski definition) is 0. The summed E-state index contributed by atoms with van der Waals surface area (Å²) in [6, 6.07) is 4.45. The Morgan fingerprint density at radius 1 is 1.04 bits per heavy atom. The molecule has 2 unspecified atom stereocenters. The summed E-state index contributed by atoms with van der Waals surface area (Å²) in [4.78, 5) is 9.74. The van der Waals surface area contributed by atoms with Crippen LogP contribution in [0.4, 0.5) is 5.82 Å². The van der Waals surface area contributed by atoms with Crippen molar-refractivity contribution < 1.29 is 0 Å². The first-order valence-corrected chi connectivity index (χ1v) is 9.77. The zero-order valence-electron chi connectivity index (χ0n) is 13.8. The third-order valence-corrected chi connectivity index (χ3v) is 6.57. The lowest BCUT2D eigenvalue weighted by Crippen LogP contribution is -2.34. The van der Waals surface area contributed by atoms with Crippen molar-refractivity contribution in [3.05, 3.63) is 22.8 Å². The smallest absolute Gasteiger partial charge is 0.131 e. The van der Waals surface area contributed by atoms with Crippen LogP contribution in [0.1, 0.15) is 43.6 Å². The number of fused-ring (bicyclic) bond motifs is 1. The molecule has 0 aromatic carbocycles. The molecule has 23 heavy (non-hydrogen) atoms. The van der Waals surface area contributed by atoms with E-state index >= 15 is 0 Å². The maximum atomic E-state index is 6.35. The number of likely N-dealkylation sites (tertiary alicyclic amines) is 1. The molecule has 4 heteroatoms. The summed E-state index contributed by atoms with van der Waals surface area (Å²) in [6.07, 6.45) is 6.90. The van der Waals surface area contributed by atoms with Crippen LogP contribution >= 0.6 is 11.6 Å². The van der Waals surface area contributed by atoms with Crippen LogP contribution in [-0.4, -0.2) is 42.6 Å². The summed E-state index contributed by atoms with van der Waals surface area (Å²) in [5, 5.41) is 0.679. The molecule has 2 saturated heterocycles. The Morgan fingerprint density at radius 3 is 2.48 bits per heavy atom. The average molecular weight is 332 g/mol. The minimum atomic E-state index is 0.668. The maximum absolute atomic E-state index is 6.35. The second-order valence-corrected chi connectivity index (χ2v) is 8.65. The maximum Gasteiger partial charge on any atom is 0.131 e. The second-order valence-electron chi connectivity index (χ2n) is 8.26. The van der Waals surface area contributed by atoms with Crippen molar-refractivity contribution in [3.63, 3.8) is 0 Å². The quantitative estimate of drug-likeness (QED) is 0.783. The summed E-state index contributed by atoms with van der Waals surface area (Å²) in [5.41, 5.74) is 1.42. The lowest BCUT2D eigenvalue weighted by Gasteiger charge is -2.32. The number of anilines is 1. The van der Waals surface area contributed by atoms with E-state index in [-0.39, 0.29) is 0 Å². The van der Waals surface area contributed by atoms with Crippen LogP contribution in [0.3, 0.4) is 0 Å². The normalized spacial score (nSPS) is 31.4. The largest absolute Gasteiger partial charge is 0.356 e. The number of halogens is 1. The second kappa shape index (κ2) is 5.63. The molecule has 2 aliphatic heterocycles. The molecule has 2 aliphatic carbocycles. The van der Waals surface area contributed by atoms with Crippen molar-refractivity contribution in [2.75, 3.05) is 37.6 Å². The van der Waals surface area contributed by atoms with Gasteiger partial charge >= 0.3 is 0 Å². The number of hydrogen-bond acceptors (Lipinski definition) is 3. The predicted molar refractivity (Wildman–Crippen MR) is 94.2 cm³/mol. The summed E-state index contributed by atoms with van der Waals surface area (Å²) in [6.45, 7) is 6.23. The molecule has 124 valence electrons. The van der Waals surface area contributed by atoms with Crippen LogP contribution in [0.2, 0.25) is 5.15 Å². The van der Waals surface area contributed by atoms with Gasteiger partial charge in [0.2, 0.25) is 0 Å². The van der Waals surface area contributed by atoms with E-state index in [4.69, 9.17) is 11.6 Å². The van der Waals surface area contributed by atoms with Gasteiger partial charge in [0, 0.05) is 19.6 Å². The van der Waals surface area contributed by atoms with E-state index in [1.165, 1.54) is 70.4 Å². The van der Waals surface area contributed by atoms with E-state index in [1.54, 1.807) is 0 Å². The molecule has 4 fully saturated rings. The Kier molecular flexibility index (Phi) is 3.56. The van der Waals surface area contributed by atoms with Crippen LogP contribution < -0.4 is 4.90 Å². The fraction of sp³-hybridized carbons (Fsp3) is 0.737. The third kappa shape index (κ3) is 3.10. The van der Waals surface area contributed by atoms with Gasteiger partial charge in [-0.1, -0.05) is 11.6 Å². The van der Waals surface area contributed by atoms with E-state index in [0.29, 0.717) is 11.1 Å². The molecule has 3 nitrogen and oxygen atoms in total. The highest BCUT2D eigenvalue weighted by molar-refractivity contribution is 6.29. The van der Waals surface area contributed by atoms with Crippen molar-refractivity contribution in [1.82, 2.24) is 9.88 Å². The number of pyridine rings is 1. The average Bonchev–Trinajstić information content (AvgIpc) is 3.48. The van der Waals surface area contributed by atoms with Gasteiger partial charge in [0.1, 0.15) is 11.0 Å². The highest BCUT2D eigenvalue weighted by atomic mass is 35.5. The van der Waals surface area contributed by atoms with Crippen molar-refractivity contribution in [2.45, 2.75) is 38.0 Å². The molecule has 4 aliphatic rings. The van der Waals surface area contributed by atoms with Crippen LogP contribution in [0, 0.1) is 17.8 Å². The van der Waals surface area contributed by atoms with Crippen LogP contribution in [0.5, 0.6) is 0 Å². The fourth-order valence-electron chi connectivity index (χ4n) is 4.60. The molecular formula is C19H26ClN3. The molecule has 1 aromatic rings. The van der Waals surface area contributed by atoms with Crippen LogP contribution in [-0.2, 0) is 0 Å². The minimum Gasteiger partial charge on any atom is -0.356 e. The summed E-state index contributed by atoms with van der Waals surface area (Å²) < 4.78 is 0. The zero-order valence-corrected chi connectivity index (χ0v) is 14.5. The highest BCUT2D eigenvalue weighted by Gasteiger charge is 2.45. The topological polar surface area (TPSA) is 19.4 Å². The molecule has 0 amide bonds. The lowest BCUT2D eigenvalue weighted by atomic mass is 9.90. The number of nitrogens with zero attached hydrogens (tertiary/aromatic N) is 3. The molecule has 2 saturated carbocycles. The van der Waals surface area contributed by atoms with Crippen LogP contribution in [0.15, 0.2) is 12.1 Å². The van der Waals surface area contributed by atoms with Gasteiger partial charge < -0.3 is 9.80 Å². The Morgan fingerprint density at radius 2 is 1.78 bits per heavy atom. The Hall–Kier alpha value is -0.800. The van der Waals surface area contributed by atoms with Gasteiger partial charge in [0.05, 0.1) is 0 Å². The Labute approximate surface area is 144 Å². The Balaban J connectivity index is 1.27. The van der Waals surface area contributed by atoms with Crippen molar-refractivity contribution in [1.29, 1.82) is 0 Å². The van der Waals surface area contributed by atoms with Crippen molar-refractivity contribution in [3.8, 4) is 0 Å². The van der Waals surface area contributed by atoms with Crippen molar-refractivity contribution in [2.24, 2.45) is 17.8 Å². The third-order valence-electron chi connectivity index (χ3n) is 6.38. The van der Waals surface area contributed by atoms with Gasteiger partial charge in [-0.3, -0.25) is 0 Å². The van der Waals surface area contributed by atoms with E-state index < -0.39 is 0 Å².